The number of likely N-dealkylation sites (N-methyl/N-ethyl adjacent to an activating group) is 1. The lowest BCUT2D eigenvalue weighted by atomic mass is 10.1. The first-order valence-corrected chi connectivity index (χ1v) is 8.54. The Morgan fingerprint density at radius 1 is 0.923 bits per heavy atom. The highest BCUT2D eigenvalue weighted by molar-refractivity contribution is 9.10. The van der Waals surface area contributed by atoms with E-state index in [1.54, 1.807) is 7.05 Å². The maximum atomic E-state index is 12.1. The van der Waals surface area contributed by atoms with E-state index in [2.05, 4.69) is 20.7 Å². The number of amides is 1. The molecule has 0 aliphatic carbocycles. The monoisotopic (exact) mass is 419 g/mol. The predicted molar refractivity (Wildman–Crippen MR) is 98.7 cm³/mol. The van der Waals surface area contributed by atoms with Crippen LogP contribution in [0.3, 0.4) is 0 Å². The third-order valence-corrected chi connectivity index (χ3v) is 4.16. The summed E-state index contributed by atoms with van der Waals surface area (Å²) < 4.78 is 10.6. The number of halogens is 1. The Morgan fingerprint density at radius 3 is 2.00 bits per heavy atom. The Bertz CT molecular complexity index is 787. The Balaban J connectivity index is 1.86. The second-order valence-corrected chi connectivity index (χ2v) is 6.44. The standard InChI is InChI=1S/C19H18BrNO5/c1-21(11-13-3-9-16(20)10-4-13)17(22)12-26-19(24)15-7-5-14(6-8-15)18(23)25-2/h3-10H,11-12H2,1-2H3. The summed E-state index contributed by atoms with van der Waals surface area (Å²) in [5.41, 5.74) is 1.55. The van der Waals surface area contributed by atoms with Crippen molar-refractivity contribution in [3.05, 3.63) is 69.7 Å². The van der Waals surface area contributed by atoms with Crippen LogP contribution in [0.1, 0.15) is 26.3 Å². The normalized spacial score (nSPS) is 10.1. The summed E-state index contributed by atoms with van der Waals surface area (Å²) in [5, 5.41) is 0. The second-order valence-electron chi connectivity index (χ2n) is 5.52. The van der Waals surface area contributed by atoms with E-state index in [9.17, 15) is 14.4 Å². The maximum absolute atomic E-state index is 12.1. The molecule has 0 heterocycles. The van der Waals surface area contributed by atoms with Crippen molar-refractivity contribution in [3.8, 4) is 0 Å². The highest BCUT2D eigenvalue weighted by Crippen LogP contribution is 2.12. The third kappa shape index (κ3) is 5.42. The lowest BCUT2D eigenvalue weighted by Gasteiger charge is -2.17. The molecule has 2 rings (SSSR count). The molecule has 136 valence electrons. The fourth-order valence-corrected chi connectivity index (χ4v) is 2.40. The van der Waals surface area contributed by atoms with E-state index >= 15 is 0 Å². The van der Waals surface area contributed by atoms with Gasteiger partial charge >= 0.3 is 11.9 Å². The number of ether oxygens (including phenoxy) is 2. The van der Waals surface area contributed by atoms with Gasteiger partial charge < -0.3 is 14.4 Å². The average Bonchev–Trinajstić information content (AvgIpc) is 2.67. The molecule has 0 unspecified atom stereocenters. The van der Waals surface area contributed by atoms with Gasteiger partial charge in [-0.25, -0.2) is 9.59 Å². The van der Waals surface area contributed by atoms with Gasteiger partial charge in [0.1, 0.15) is 0 Å². The SMILES string of the molecule is COC(=O)c1ccc(C(=O)OCC(=O)N(C)Cc2ccc(Br)cc2)cc1. The first-order valence-electron chi connectivity index (χ1n) is 7.74. The molecule has 6 nitrogen and oxygen atoms in total. The van der Waals surface area contributed by atoms with Gasteiger partial charge in [-0.1, -0.05) is 28.1 Å². The van der Waals surface area contributed by atoms with Crippen LogP contribution in [0.15, 0.2) is 53.0 Å². The van der Waals surface area contributed by atoms with E-state index in [-0.39, 0.29) is 18.1 Å². The minimum atomic E-state index is -0.633. The summed E-state index contributed by atoms with van der Waals surface area (Å²) in [4.78, 5) is 37.0. The van der Waals surface area contributed by atoms with Crippen LogP contribution in [0.5, 0.6) is 0 Å². The maximum Gasteiger partial charge on any atom is 0.338 e. The molecule has 0 fully saturated rings. The third-order valence-electron chi connectivity index (χ3n) is 3.63. The molecule has 0 bridgehead atoms. The number of carbonyl (C=O) groups is 3. The molecular formula is C19H18BrNO5. The molecule has 0 atom stereocenters. The summed E-state index contributed by atoms with van der Waals surface area (Å²) in [6.45, 7) is 0.0576. The fraction of sp³-hybridized carbons (Fsp3) is 0.211. The van der Waals surface area contributed by atoms with Crippen LogP contribution in [0.4, 0.5) is 0 Å². The molecule has 0 spiro atoms. The predicted octanol–water partition coefficient (Wildman–Crippen LogP) is 3.05. The summed E-state index contributed by atoms with van der Waals surface area (Å²) in [6, 6.07) is 13.4. The molecule has 2 aromatic rings. The van der Waals surface area contributed by atoms with Gasteiger partial charge in [-0.3, -0.25) is 4.79 Å². The summed E-state index contributed by atoms with van der Waals surface area (Å²) in [7, 11) is 2.92. The first-order chi connectivity index (χ1) is 12.4. The zero-order valence-corrected chi connectivity index (χ0v) is 16.0. The number of nitrogens with zero attached hydrogens (tertiary/aromatic N) is 1. The molecule has 0 N–H and O–H groups in total. The van der Waals surface area contributed by atoms with Gasteiger partial charge in [0.25, 0.3) is 5.91 Å². The Hall–Kier alpha value is -2.67. The van der Waals surface area contributed by atoms with Crippen molar-refractivity contribution < 1.29 is 23.9 Å². The molecule has 0 aliphatic rings. The van der Waals surface area contributed by atoms with Crippen LogP contribution < -0.4 is 0 Å². The molecule has 1 amide bonds. The van der Waals surface area contributed by atoms with Crippen molar-refractivity contribution in [3.63, 3.8) is 0 Å². The van der Waals surface area contributed by atoms with E-state index in [1.807, 2.05) is 24.3 Å². The largest absolute Gasteiger partial charge is 0.465 e. The van der Waals surface area contributed by atoms with Crippen LogP contribution in [0, 0.1) is 0 Å². The topological polar surface area (TPSA) is 72.9 Å². The van der Waals surface area contributed by atoms with Crippen LogP contribution in [-0.2, 0) is 20.8 Å². The summed E-state index contributed by atoms with van der Waals surface area (Å²) >= 11 is 3.36. The molecule has 0 saturated heterocycles. The number of rotatable bonds is 6. The fourth-order valence-electron chi connectivity index (χ4n) is 2.13. The van der Waals surface area contributed by atoms with E-state index in [0.29, 0.717) is 12.1 Å². The highest BCUT2D eigenvalue weighted by Gasteiger charge is 2.14. The lowest BCUT2D eigenvalue weighted by Crippen LogP contribution is -2.30. The summed E-state index contributed by atoms with van der Waals surface area (Å²) in [6.07, 6.45) is 0. The average molecular weight is 420 g/mol. The summed E-state index contributed by atoms with van der Waals surface area (Å²) in [5.74, 6) is -1.44. The van der Waals surface area contributed by atoms with Gasteiger partial charge in [-0.15, -0.1) is 0 Å². The van der Waals surface area contributed by atoms with Crippen LogP contribution in [0.2, 0.25) is 0 Å². The van der Waals surface area contributed by atoms with E-state index < -0.39 is 11.9 Å². The molecule has 0 aromatic heterocycles. The number of esters is 2. The Morgan fingerprint density at radius 2 is 1.46 bits per heavy atom. The van der Waals surface area contributed by atoms with Crippen molar-refractivity contribution >= 4 is 33.8 Å². The van der Waals surface area contributed by atoms with Crippen molar-refractivity contribution in [2.75, 3.05) is 20.8 Å². The second kappa shape index (κ2) is 9.15. The molecular weight excluding hydrogens is 402 g/mol. The Labute approximate surface area is 159 Å². The smallest absolute Gasteiger partial charge is 0.338 e. The van der Waals surface area contributed by atoms with Gasteiger partial charge in [-0.05, 0) is 42.0 Å². The zero-order chi connectivity index (χ0) is 19.1. The minimum absolute atomic E-state index is 0.251. The van der Waals surface area contributed by atoms with Crippen molar-refractivity contribution in [2.45, 2.75) is 6.54 Å². The van der Waals surface area contributed by atoms with E-state index in [4.69, 9.17) is 4.74 Å². The zero-order valence-electron chi connectivity index (χ0n) is 14.4. The number of benzene rings is 2. The molecule has 7 heteroatoms. The van der Waals surface area contributed by atoms with E-state index in [0.717, 1.165) is 10.0 Å². The quantitative estimate of drug-likeness (QED) is 0.672. The molecule has 0 saturated carbocycles. The number of hydrogen-bond acceptors (Lipinski definition) is 5. The molecule has 0 radical (unpaired) electrons. The van der Waals surface area contributed by atoms with Crippen LogP contribution in [0.25, 0.3) is 0 Å². The van der Waals surface area contributed by atoms with Crippen molar-refractivity contribution in [1.82, 2.24) is 4.90 Å². The molecule has 0 aliphatic heterocycles. The van der Waals surface area contributed by atoms with Crippen LogP contribution >= 0.6 is 15.9 Å². The van der Waals surface area contributed by atoms with Gasteiger partial charge in [0.2, 0.25) is 0 Å². The number of methoxy groups -OCH3 is 1. The van der Waals surface area contributed by atoms with E-state index in [1.165, 1.54) is 36.3 Å². The van der Waals surface area contributed by atoms with Gasteiger partial charge in [0.05, 0.1) is 18.2 Å². The lowest BCUT2D eigenvalue weighted by molar-refractivity contribution is -0.133. The highest BCUT2D eigenvalue weighted by atomic mass is 79.9. The van der Waals surface area contributed by atoms with Crippen molar-refractivity contribution in [2.24, 2.45) is 0 Å². The molecule has 2 aromatic carbocycles. The number of carbonyl (C=O) groups excluding carboxylic acids is 3. The first kappa shape index (κ1) is 19.7. The Kier molecular flexibility index (Phi) is 6.91. The van der Waals surface area contributed by atoms with Crippen molar-refractivity contribution in [1.29, 1.82) is 0 Å². The minimum Gasteiger partial charge on any atom is -0.465 e. The van der Waals surface area contributed by atoms with Crippen LogP contribution in [-0.4, -0.2) is 43.5 Å². The van der Waals surface area contributed by atoms with Gasteiger partial charge in [-0.2, -0.15) is 0 Å². The molecule has 26 heavy (non-hydrogen) atoms. The van der Waals surface area contributed by atoms with Gasteiger partial charge in [0.15, 0.2) is 6.61 Å². The number of hydrogen-bond donors (Lipinski definition) is 0. The van der Waals surface area contributed by atoms with Gasteiger partial charge in [0, 0.05) is 18.1 Å².